The van der Waals surface area contributed by atoms with Crippen molar-refractivity contribution >= 4 is 55.9 Å². The lowest BCUT2D eigenvalue weighted by Crippen LogP contribution is -2.42. The second-order valence-corrected chi connectivity index (χ2v) is 10.5. The van der Waals surface area contributed by atoms with Crippen molar-refractivity contribution in [3.63, 3.8) is 0 Å². The van der Waals surface area contributed by atoms with Crippen molar-refractivity contribution in [2.24, 2.45) is 0 Å². The molecular weight excluding hydrogens is 491 g/mol. The van der Waals surface area contributed by atoms with Crippen LogP contribution >= 0.6 is 22.9 Å². The molecule has 2 saturated heterocycles. The van der Waals surface area contributed by atoms with E-state index in [0.717, 1.165) is 38.5 Å². The SMILES string of the molecule is C=C(C)n1nc(C(=O)N2CCC[C@H]2CN2CCCC2)c2sc(NC(=O)c3ccc(F)cc3Cl)nc21. The van der Waals surface area contributed by atoms with E-state index in [1.165, 1.54) is 41.0 Å². The minimum absolute atomic E-state index is 0.00525. The molecule has 0 bridgehead atoms. The van der Waals surface area contributed by atoms with Gasteiger partial charge in [0, 0.05) is 24.8 Å². The first-order chi connectivity index (χ1) is 16.8. The van der Waals surface area contributed by atoms with Gasteiger partial charge in [0.15, 0.2) is 16.5 Å². The van der Waals surface area contributed by atoms with Crippen molar-refractivity contribution in [1.82, 2.24) is 24.6 Å². The van der Waals surface area contributed by atoms with E-state index in [2.05, 4.69) is 26.9 Å². The summed E-state index contributed by atoms with van der Waals surface area (Å²) < 4.78 is 15.5. The molecule has 0 aliphatic carbocycles. The van der Waals surface area contributed by atoms with E-state index in [0.29, 0.717) is 33.4 Å². The van der Waals surface area contributed by atoms with E-state index >= 15 is 0 Å². The summed E-state index contributed by atoms with van der Waals surface area (Å²) in [6.45, 7) is 9.50. The summed E-state index contributed by atoms with van der Waals surface area (Å²) in [6.07, 6.45) is 4.37. The lowest BCUT2D eigenvalue weighted by molar-refractivity contribution is 0.0704. The number of hydrogen-bond acceptors (Lipinski definition) is 6. The number of anilines is 1. The number of halogens is 2. The van der Waals surface area contributed by atoms with E-state index in [4.69, 9.17) is 11.6 Å². The molecule has 35 heavy (non-hydrogen) atoms. The largest absolute Gasteiger partial charge is 0.333 e. The maximum absolute atomic E-state index is 13.7. The lowest BCUT2D eigenvalue weighted by Gasteiger charge is -2.28. The summed E-state index contributed by atoms with van der Waals surface area (Å²) in [5, 5.41) is 7.56. The molecule has 0 spiro atoms. The van der Waals surface area contributed by atoms with Crippen molar-refractivity contribution in [1.29, 1.82) is 0 Å². The smallest absolute Gasteiger partial charge is 0.276 e. The third kappa shape index (κ3) is 4.70. The summed E-state index contributed by atoms with van der Waals surface area (Å²) in [6, 6.07) is 3.74. The van der Waals surface area contributed by atoms with Gasteiger partial charge in [-0.1, -0.05) is 29.5 Å². The van der Waals surface area contributed by atoms with E-state index in [1.54, 1.807) is 6.92 Å². The number of nitrogens with zero attached hydrogens (tertiary/aromatic N) is 5. The van der Waals surface area contributed by atoms with Crippen LogP contribution in [0.15, 0.2) is 24.8 Å². The van der Waals surface area contributed by atoms with Crippen molar-refractivity contribution in [2.45, 2.75) is 38.6 Å². The third-order valence-corrected chi connectivity index (χ3v) is 7.77. The highest BCUT2D eigenvalue weighted by Crippen LogP contribution is 2.33. The Labute approximate surface area is 211 Å². The van der Waals surface area contributed by atoms with Gasteiger partial charge in [0.2, 0.25) is 0 Å². The first kappa shape index (κ1) is 23.9. The summed E-state index contributed by atoms with van der Waals surface area (Å²) in [4.78, 5) is 35.2. The molecule has 0 radical (unpaired) electrons. The van der Waals surface area contributed by atoms with Crippen LogP contribution in [-0.4, -0.2) is 68.6 Å². The average molecular weight is 517 g/mol. The molecule has 2 amide bonds. The second-order valence-electron chi connectivity index (χ2n) is 9.05. The zero-order valence-electron chi connectivity index (χ0n) is 19.4. The normalized spacial score (nSPS) is 18.5. The molecule has 1 N–H and O–H groups in total. The van der Waals surface area contributed by atoms with E-state index < -0.39 is 11.7 Å². The van der Waals surface area contributed by atoms with Gasteiger partial charge in [-0.15, -0.1) is 0 Å². The second kappa shape index (κ2) is 9.67. The molecule has 0 unspecified atom stereocenters. The molecule has 8 nitrogen and oxygen atoms in total. The number of carbonyl (C=O) groups is 2. The summed E-state index contributed by atoms with van der Waals surface area (Å²) in [5.74, 6) is -1.17. The number of fused-ring (bicyclic) bond motifs is 1. The molecule has 5 rings (SSSR count). The molecule has 1 aromatic carbocycles. The van der Waals surface area contributed by atoms with Gasteiger partial charge < -0.3 is 9.80 Å². The molecule has 2 aromatic heterocycles. The number of amides is 2. The van der Waals surface area contributed by atoms with Crippen LogP contribution in [0, 0.1) is 5.82 Å². The Hall–Kier alpha value is -2.82. The van der Waals surface area contributed by atoms with Crippen LogP contribution in [0.25, 0.3) is 16.0 Å². The number of rotatable bonds is 6. The van der Waals surface area contributed by atoms with Gasteiger partial charge in [0.05, 0.1) is 10.6 Å². The van der Waals surface area contributed by atoms with Crippen LogP contribution in [0.1, 0.15) is 53.5 Å². The molecule has 4 heterocycles. The number of aromatic nitrogens is 3. The Balaban J connectivity index is 1.43. The van der Waals surface area contributed by atoms with Gasteiger partial charge in [-0.2, -0.15) is 10.1 Å². The summed E-state index contributed by atoms with van der Waals surface area (Å²) in [7, 11) is 0. The van der Waals surface area contributed by atoms with Gasteiger partial charge in [-0.3, -0.25) is 14.9 Å². The quantitative estimate of drug-likeness (QED) is 0.512. The molecule has 2 aliphatic rings. The molecule has 11 heteroatoms. The van der Waals surface area contributed by atoms with Crippen molar-refractivity contribution < 1.29 is 14.0 Å². The van der Waals surface area contributed by atoms with E-state index in [1.807, 2.05) is 4.90 Å². The maximum Gasteiger partial charge on any atom is 0.276 e. The number of carbonyl (C=O) groups excluding carboxylic acids is 2. The van der Waals surface area contributed by atoms with E-state index in [-0.39, 0.29) is 22.5 Å². The average Bonchev–Trinajstić information content (AvgIpc) is 3.58. The fourth-order valence-electron chi connectivity index (χ4n) is 4.79. The monoisotopic (exact) mass is 516 g/mol. The number of benzene rings is 1. The van der Waals surface area contributed by atoms with Crippen LogP contribution in [0.5, 0.6) is 0 Å². The number of hydrogen-bond donors (Lipinski definition) is 1. The van der Waals surface area contributed by atoms with Crippen molar-refractivity contribution in [3.05, 3.63) is 46.9 Å². The molecule has 2 aliphatic heterocycles. The predicted octanol–water partition coefficient (Wildman–Crippen LogP) is 4.73. The highest BCUT2D eigenvalue weighted by atomic mass is 35.5. The standard InChI is InChI=1S/C24H26ClFN6O2S/c1-14(2)32-21-20(35-24(27-21)28-22(33)17-8-7-15(26)12-18(17)25)19(29-32)23(34)31-11-5-6-16(31)13-30-9-3-4-10-30/h7-8,12,16H,1,3-6,9-11,13H2,2H3,(H,27,28,33)/t16-/m0/s1. The van der Waals surface area contributed by atoms with Crippen molar-refractivity contribution in [2.75, 3.05) is 31.5 Å². The molecular formula is C24H26ClFN6O2S. The van der Waals surface area contributed by atoms with Gasteiger partial charge in [0.1, 0.15) is 10.5 Å². The first-order valence-corrected chi connectivity index (χ1v) is 12.9. The van der Waals surface area contributed by atoms with Crippen LogP contribution in [-0.2, 0) is 0 Å². The fraction of sp³-hybridized carbons (Fsp3) is 0.417. The van der Waals surface area contributed by atoms with Gasteiger partial charge >= 0.3 is 0 Å². The minimum atomic E-state index is -0.527. The number of likely N-dealkylation sites (tertiary alicyclic amines) is 2. The number of allylic oxidation sites excluding steroid dienone is 1. The summed E-state index contributed by atoms with van der Waals surface area (Å²) >= 11 is 7.20. The molecule has 3 aromatic rings. The van der Waals surface area contributed by atoms with Gasteiger partial charge in [-0.25, -0.2) is 9.07 Å². The van der Waals surface area contributed by atoms with Gasteiger partial charge in [0.25, 0.3) is 11.8 Å². The zero-order chi connectivity index (χ0) is 24.7. The van der Waals surface area contributed by atoms with Crippen LogP contribution in [0.4, 0.5) is 9.52 Å². The Morgan fingerprint density at radius 3 is 2.74 bits per heavy atom. The summed E-state index contributed by atoms with van der Waals surface area (Å²) in [5.41, 5.74) is 1.51. The molecule has 1 atom stereocenters. The van der Waals surface area contributed by atoms with E-state index in [9.17, 15) is 14.0 Å². The third-order valence-electron chi connectivity index (χ3n) is 6.49. The Morgan fingerprint density at radius 1 is 1.26 bits per heavy atom. The number of thiazole rings is 1. The predicted molar refractivity (Wildman–Crippen MR) is 136 cm³/mol. The van der Waals surface area contributed by atoms with Crippen LogP contribution in [0.2, 0.25) is 5.02 Å². The van der Waals surface area contributed by atoms with Gasteiger partial charge in [-0.05, 0) is 63.9 Å². The first-order valence-electron chi connectivity index (χ1n) is 11.7. The number of nitrogens with one attached hydrogen (secondary N) is 1. The fourth-order valence-corrected chi connectivity index (χ4v) is 5.96. The zero-order valence-corrected chi connectivity index (χ0v) is 21.0. The van der Waals surface area contributed by atoms with Crippen LogP contribution in [0.3, 0.4) is 0 Å². The topological polar surface area (TPSA) is 83.4 Å². The molecule has 184 valence electrons. The minimum Gasteiger partial charge on any atom is -0.333 e. The van der Waals surface area contributed by atoms with Crippen molar-refractivity contribution in [3.8, 4) is 0 Å². The molecule has 2 fully saturated rings. The Morgan fingerprint density at radius 2 is 2.03 bits per heavy atom. The Kier molecular flexibility index (Phi) is 6.61. The lowest BCUT2D eigenvalue weighted by atomic mass is 10.2. The Bertz CT molecular complexity index is 1310. The maximum atomic E-state index is 13.7. The van der Waals surface area contributed by atoms with Crippen LogP contribution < -0.4 is 5.32 Å². The highest BCUT2D eigenvalue weighted by molar-refractivity contribution is 7.22. The highest BCUT2D eigenvalue weighted by Gasteiger charge is 2.34. The molecule has 0 saturated carbocycles.